The first-order valence-corrected chi connectivity index (χ1v) is 9.28. The molecular formula is C21H20N4O2. The van der Waals surface area contributed by atoms with Crippen molar-refractivity contribution in [2.24, 2.45) is 17.3 Å². The molecule has 2 N–H and O–H groups in total. The summed E-state index contributed by atoms with van der Waals surface area (Å²) in [5.41, 5.74) is 3.40. The highest BCUT2D eigenvalue weighted by Gasteiger charge is 2.45. The van der Waals surface area contributed by atoms with Gasteiger partial charge in [-0.25, -0.2) is 9.97 Å². The van der Waals surface area contributed by atoms with E-state index in [1.165, 1.54) is 0 Å². The highest BCUT2D eigenvalue weighted by Crippen LogP contribution is 2.42. The fourth-order valence-corrected chi connectivity index (χ4v) is 3.57. The third-order valence-corrected chi connectivity index (χ3v) is 5.51. The predicted octanol–water partition coefficient (Wildman–Crippen LogP) is 3.34. The molecular weight excluding hydrogens is 340 g/mol. The molecule has 0 aromatic carbocycles. The Bertz CT molecular complexity index is 1080. The van der Waals surface area contributed by atoms with E-state index >= 15 is 0 Å². The van der Waals surface area contributed by atoms with Crippen LogP contribution in [0.25, 0.3) is 11.1 Å². The minimum Gasteiger partial charge on any atom is -0.460 e. The SMILES string of the molecule is CC1(C)C(=O)NC2=CC(Nc3nc(C#CC4CC4)c4occc4n3)=CCC21. The van der Waals surface area contributed by atoms with Gasteiger partial charge in [-0.05, 0) is 31.3 Å². The molecule has 1 saturated heterocycles. The van der Waals surface area contributed by atoms with Gasteiger partial charge in [-0.15, -0.1) is 0 Å². The van der Waals surface area contributed by atoms with Gasteiger partial charge in [-0.2, -0.15) is 0 Å². The molecule has 2 fully saturated rings. The molecule has 1 amide bonds. The zero-order valence-corrected chi connectivity index (χ0v) is 15.3. The Morgan fingerprint density at radius 1 is 1.33 bits per heavy atom. The minimum absolute atomic E-state index is 0.0714. The molecule has 0 spiro atoms. The van der Waals surface area contributed by atoms with Gasteiger partial charge in [-0.3, -0.25) is 4.79 Å². The van der Waals surface area contributed by atoms with Crippen LogP contribution in [-0.2, 0) is 4.79 Å². The number of anilines is 1. The van der Waals surface area contributed by atoms with Gasteiger partial charge in [-0.1, -0.05) is 25.8 Å². The quantitative estimate of drug-likeness (QED) is 0.803. The lowest BCUT2D eigenvalue weighted by molar-refractivity contribution is -0.127. The third kappa shape index (κ3) is 2.80. The summed E-state index contributed by atoms with van der Waals surface area (Å²) >= 11 is 0. The van der Waals surface area contributed by atoms with E-state index in [9.17, 15) is 4.79 Å². The van der Waals surface area contributed by atoms with Gasteiger partial charge < -0.3 is 15.1 Å². The van der Waals surface area contributed by atoms with Crippen LogP contribution in [0.4, 0.5) is 5.95 Å². The molecule has 1 unspecified atom stereocenters. The Morgan fingerprint density at radius 2 is 2.19 bits per heavy atom. The third-order valence-electron chi connectivity index (χ3n) is 5.51. The van der Waals surface area contributed by atoms with Crippen molar-refractivity contribution in [1.82, 2.24) is 15.3 Å². The van der Waals surface area contributed by atoms with Gasteiger partial charge in [0.25, 0.3) is 0 Å². The number of aromatic nitrogens is 2. The average molecular weight is 360 g/mol. The van der Waals surface area contributed by atoms with E-state index in [1.54, 1.807) is 6.26 Å². The van der Waals surface area contributed by atoms with Crippen molar-refractivity contribution in [3.63, 3.8) is 0 Å². The second kappa shape index (κ2) is 5.71. The van der Waals surface area contributed by atoms with Gasteiger partial charge in [0.05, 0.1) is 11.7 Å². The molecule has 0 radical (unpaired) electrons. The summed E-state index contributed by atoms with van der Waals surface area (Å²) in [6, 6.07) is 1.81. The molecule has 27 heavy (non-hydrogen) atoms. The molecule has 1 saturated carbocycles. The van der Waals surface area contributed by atoms with E-state index in [2.05, 4.69) is 38.5 Å². The highest BCUT2D eigenvalue weighted by atomic mass is 16.3. The lowest BCUT2D eigenvalue weighted by atomic mass is 9.76. The summed E-state index contributed by atoms with van der Waals surface area (Å²) in [7, 11) is 0. The summed E-state index contributed by atoms with van der Waals surface area (Å²) in [6.07, 6.45) is 8.78. The van der Waals surface area contributed by atoms with Gasteiger partial charge in [0.1, 0.15) is 5.52 Å². The van der Waals surface area contributed by atoms with Gasteiger partial charge in [0.2, 0.25) is 11.9 Å². The predicted molar refractivity (Wildman–Crippen MR) is 101 cm³/mol. The maximum Gasteiger partial charge on any atom is 0.230 e. The molecule has 5 rings (SSSR count). The van der Waals surface area contributed by atoms with E-state index < -0.39 is 0 Å². The standard InChI is InChI=1S/C21H20N4O2/c1-21(2)14-7-6-13(11-17(14)23-19(21)26)22-20-24-15(8-5-12-3-4-12)18-16(25-20)9-10-27-18/h6,9-12,14H,3-4,7H2,1-2H3,(H,23,26)(H,22,24,25). The second-order valence-corrected chi connectivity index (χ2v) is 7.92. The number of furan rings is 1. The molecule has 2 aromatic heterocycles. The van der Waals surface area contributed by atoms with Crippen molar-refractivity contribution in [3.05, 3.63) is 41.6 Å². The zero-order chi connectivity index (χ0) is 18.6. The minimum atomic E-state index is -0.383. The van der Waals surface area contributed by atoms with Crippen molar-refractivity contribution in [3.8, 4) is 11.8 Å². The first-order valence-electron chi connectivity index (χ1n) is 9.28. The second-order valence-electron chi connectivity index (χ2n) is 7.92. The number of hydrogen-bond donors (Lipinski definition) is 2. The number of amides is 1. The zero-order valence-electron chi connectivity index (χ0n) is 15.3. The van der Waals surface area contributed by atoms with Crippen molar-refractivity contribution in [2.45, 2.75) is 33.1 Å². The number of rotatable bonds is 2. The number of allylic oxidation sites excluding steroid dienone is 3. The first-order chi connectivity index (χ1) is 13.0. The molecule has 3 heterocycles. The smallest absolute Gasteiger partial charge is 0.230 e. The number of nitrogens with one attached hydrogen (secondary N) is 2. The number of hydrogen-bond acceptors (Lipinski definition) is 5. The highest BCUT2D eigenvalue weighted by molar-refractivity contribution is 5.88. The normalized spacial score (nSPS) is 23.0. The van der Waals surface area contributed by atoms with E-state index in [4.69, 9.17) is 4.42 Å². The lowest BCUT2D eigenvalue weighted by Crippen LogP contribution is -2.28. The van der Waals surface area contributed by atoms with Gasteiger partial charge in [0, 0.05) is 29.3 Å². The molecule has 6 heteroatoms. The molecule has 1 atom stereocenters. The van der Waals surface area contributed by atoms with E-state index in [0.717, 1.165) is 36.2 Å². The largest absolute Gasteiger partial charge is 0.460 e. The van der Waals surface area contributed by atoms with Crippen molar-refractivity contribution in [1.29, 1.82) is 0 Å². The Labute approximate surface area is 157 Å². The summed E-state index contributed by atoms with van der Waals surface area (Å²) in [5, 5.41) is 6.26. The number of carbonyl (C=O) groups is 1. The fourth-order valence-electron chi connectivity index (χ4n) is 3.57. The Balaban J connectivity index is 1.44. The van der Waals surface area contributed by atoms with Crippen LogP contribution in [0.3, 0.4) is 0 Å². The van der Waals surface area contributed by atoms with Gasteiger partial charge >= 0.3 is 0 Å². The molecule has 136 valence electrons. The summed E-state index contributed by atoms with van der Waals surface area (Å²) in [4.78, 5) is 21.2. The summed E-state index contributed by atoms with van der Waals surface area (Å²) in [6.45, 7) is 3.97. The van der Waals surface area contributed by atoms with E-state index in [1.807, 2.05) is 26.0 Å². The van der Waals surface area contributed by atoms with Crippen LogP contribution in [0.5, 0.6) is 0 Å². The first kappa shape index (κ1) is 16.1. The van der Waals surface area contributed by atoms with Crippen molar-refractivity contribution in [2.75, 3.05) is 5.32 Å². The van der Waals surface area contributed by atoms with Crippen LogP contribution in [-0.4, -0.2) is 15.9 Å². The molecule has 1 aliphatic heterocycles. The fraction of sp³-hybridized carbons (Fsp3) is 0.381. The molecule has 0 bridgehead atoms. The Hall–Kier alpha value is -3.07. The van der Waals surface area contributed by atoms with Crippen molar-refractivity contribution >= 4 is 23.0 Å². The molecule has 3 aliphatic rings. The number of fused-ring (bicyclic) bond motifs is 2. The Kier molecular flexibility index (Phi) is 3.41. The lowest BCUT2D eigenvalue weighted by Gasteiger charge is -2.25. The maximum atomic E-state index is 12.2. The Morgan fingerprint density at radius 3 is 3.00 bits per heavy atom. The molecule has 6 nitrogen and oxygen atoms in total. The molecule has 2 aromatic rings. The average Bonchev–Trinajstić information content (AvgIpc) is 3.29. The number of carbonyl (C=O) groups excluding carboxylic acids is 1. The van der Waals surface area contributed by atoms with Crippen LogP contribution < -0.4 is 10.6 Å². The number of nitrogens with zero attached hydrogens (tertiary/aromatic N) is 2. The topological polar surface area (TPSA) is 80.0 Å². The van der Waals surface area contributed by atoms with Crippen LogP contribution in [0.2, 0.25) is 0 Å². The van der Waals surface area contributed by atoms with Crippen LogP contribution in [0, 0.1) is 29.1 Å². The van der Waals surface area contributed by atoms with Crippen molar-refractivity contribution < 1.29 is 9.21 Å². The van der Waals surface area contributed by atoms with Crippen LogP contribution in [0.1, 0.15) is 38.8 Å². The monoisotopic (exact) mass is 360 g/mol. The van der Waals surface area contributed by atoms with E-state index in [-0.39, 0.29) is 17.2 Å². The van der Waals surface area contributed by atoms with Crippen LogP contribution >= 0.6 is 0 Å². The van der Waals surface area contributed by atoms with Gasteiger partial charge in [0.15, 0.2) is 11.3 Å². The van der Waals surface area contributed by atoms with Crippen LogP contribution in [0.15, 0.2) is 40.3 Å². The molecule has 2 aliphatic carbocycles. The summed E-state index contributed by atoms with van der Waals surface area (Å²) < 4.78 is 5.51. The summed E-state index contributed by atoms with van der Waals surface area (Å²) in [5.74, 6) is 7.59. The van der Waals surface area contributed by atoms with E-state index in [0.29, 0.717) is 23.1 Å². The maximum absolute atomic E-state index is 12.2.